The van der Waals surface area contributed by atoms with Crippen molar-refractivity contribution in [1.29, 1.82) is 0 Å². The third-order valence-corrected chi connectivity index (χ3v) is 2.32. The number of nitrogens with one attached hydrogen (secondary N) is 1. The summed E-state index contributed by atoms with van der Waals surface area (Å²) in [5, 5.41) is 2.52. The largest absolute Gasteiger partial charge is 0.368 e. The monoisotopic (exact) mass is 185 g/mol. The number of amides is 2. The molecule has 0 spiro atoms. The highest BCUT2D eigenvalue weighted by Gasteiger charge is 2.29. The average molecular weight is 185 g/mol. The fraction of sp³-hybridized carbons (Fsp3) is 0.750. The van der Waals surface area contributed by atoms with E-state index >= 15 is 0 Å². The van der Waals surface area contributed by atoms with Crippen molar-refractivity contribution in [2.24, 2.45) is 5.73 Å². The number of primary amides is 1. The highest BCUT2D eigenvalue weighted by atomic mass is 16.2. The van der Waals surface area contributed by atoms with Gasteiger partial charge < -0.3 is 11.1 Å². The molecule has 13 heavy (non-hydrogen) atoms. The highest BCUT2D eigenvalue weighted by molar-refractivity contribution is 5.82. The number of likely N-dealkylation sites (tertiary alicyclic amines) is 1. The van der Waals surface area contributed by atoms with Gasteiger partial charge in [-0.15, -0.1) is 0 Å². The van der Waals surface area contributed by atoms with Crippen molar-refractivity contribution >= 4 is 11.8 Å². The first-order valence-corrected chi connectivity index (χ1v) is 4.39. The maximum Gasteiger partial charge on any atom is 0.234 e. The van der Waals surface area contributed by atoms with E-state index in [0.29, 0.717) is 0 Å². The van der Waals surface area contributed by atoms with Crippen LogP contribution in [0.3, 0.4) is 0 Å². The second kappa shape index (κ2) is 4.23. The SMILES string of the molecule is CNC(=O)CN1CCCC1C(N)=O. The molecular formula is C8H15N3O2. The van der Waals surface area contributed by atoms with Crippen LogP contribution in [0.15, 0.2) is 0 Å². The Hall–Kier alpha value is -1.10. The molecule has 1 fully saturated rings. The molecule has 0 aromatic rings. The topological polar surface area (TPSA) is 75.4 Å². The Balaban J connectivity index is 2.48. The molecule has 0 aromatic heterocycles. The summed E-state index contributed by atoms with van der Waals surface area (Å²) in [7, 11) is 1.58. The van der Waals surface area contributed by atoms with Crippen LogP contribution in [0.1, 0.15) is 12.8 Å². The molecule has 3 N–H and O–H groups in total. The summed E-state index contributed by atoms with van der Waals surface area (Å²) in [5.41, 5.74) is 5.19. The van der Waals surface area contributed by atoms with Gasteiger partial charge >= 0.3 is 0 Å². The van der Waals surface area contributed by atoms with Crippen LogP contribution in [-0.4, -0.2) is 42.9 Å². The van der Waals surface area contributed by atoms with Gasteiger partial charge in [0.1, 0.15) is 0 Å². The van der Waals surface area contributed by atoms with Gasteiger partial charge in [0, 0.05) is 7.05 Å². The van der Waals surface area contributed by atoms with Crippen LogP contribution in [0.4, 0.5) is 0 Å². The molecule has 1 atom stereocenters. The number of hydrogen-bond donors (Lipinski definition) is 2. The lowest BCUT2D eigenvalue weighted by molar-refractivity contribution is -0.125. The predicted molar refractivity (Wildman–Crippen MR) is 47.9 cm³/mol. The molecule has 1 heterocycles. The zero-order chi connectivity index (χ0) is 9.84. The number of likely N-dealkylation sites (N-methyl/N-ethyl adjacent to an activating group) is 1. The van der Waals surface area contributed by atoms with E-state index in [0.717, 1.165) is 19.4 Å². The molecule has 1 saturated heterocycles. The molecule has 5 heteroatoms. The molecule has 0 aliphatic carbocycles. The van der Waals surface area contributed by atoms with Gasteiger partial charge in [0.25, 0.3) is 0 Å². The molecule has 0 bridgehead atoms. The summed E-state index contributed by atoms with van der Waals surface area (Å²) in [6.45, 7) is 1.05. The average Bonchev–Trinajstić information content (AvgIpc) is 2.52. The van der Waals surface area contributed by atoms with Crippen molar-refractivity contribution in [1.82, 2.24) is 10.2 Å². The number of nitrogens with two attached hydrogens (primary N) is 1. The Labute approximate surface area is 77.3 Å². The van der Waals surface area contributed by atoms with Gasteiger partial charge in [0.15, 0.2) is 0 Å². The van der Waals surface area contributed by atoms with Crippen molar-refractivity contribution in [2.45, 2.75) is 18.9 Å². The fourth-order valence-electron chi connectivity index (χ4n) is 1.60. The number of rotatable bonds is 3. The lowest BCUT2D eigenvalue weighted by atomic mass is 10.2. The van der Waals surface area contributed by atoms with Crippen LogP contribution in [-0.2, 0) is 9.59 Å². The van der Waals surface area contributed by atoms with E-state index in [1.54, 1.807) is 7.05 Å². The van der Waals surface area contributed by atoms with Crippen molar-refractivity contribution in [2.75, 3.05) is 20.1 Å². The van der Waals surface area contributed by atoms with E-state index in [1.165, 1.54) is 0 Å². The van der Waals surface area contributed by atoms with Crippen LogP contribution < -0.4 is 11.1 Å². The molecule has 0 saturated carbocycles. The van der Waals surface area contributed by atoms with E-state index in [-0.39, 0.29) is 24.4 Å². The van der Waals surface area contributed by atoms with Crippen LogP contribution in [0, 0.1) is 0 Å². The van der Waals surface area contributed by atoms with E-state index in [9.17, 15) is 9.59 Å². The number of carbonyl (C=O) groups excluding carboxylic acids is 2. The lowest BCUT2D eigenvalue weighted by Crippen LogP contribution is -2.44. The lowest BCUT2D eigenvalue weighted by Gasteiger charge is -2.20. The van der Waals surface area contributed by atoms with Gasteiger partial charge in [-0.05, 0) is 19.4 Å². The van der Waals surface area contributed by atoms with Gasteiger partial charge in [-0.1, -0.05) is 0 Å². The zero-order valence-corrected chi connectivity index (χ0v) is 7.75. The zero-order valence-electron chi connectivity index (χ0n) is 7.75. The van der Waals surface area contributed by atoms with Crippen molar-refractivity contribution < 1.29 is 9.59 Å². The van der Waals surface area contributed by atoms with Crippen molar-refractivity contribution in [3.8, 4) is 0 Å². The Morgan fingerprint density at radius 1 is 1.62 bits per heavy atom. The van der Waals surface area contributed by atoms with Crippen LogP contribution in [0.25, 0.3) is 0 Å². The van der Waals surface area contributed by atoms with E-state index in [1.807, 2.05) is 4.90 Å². The number of hydrogen-bond acceptors (Lipinski definition) is 3. The minimum Gasteiger partial charge on any atom is -0.368 e. The summed E-state index contributed by atoms with van der Waals surface area (Å²) in [6, 6.07) is -0.253. The molecule has 74 valence electrons. The molecule has 0 aromatic carbocycles. The Morgan fingerprint density at radius 3 is 2.85 bits per heavy atom. The summed E-state index contributed by atoms with van der Waals surface area (Å²) < 4.78 is 0. The molecule has 1 rings (SSSR count). The second-order valence-electron chi connectivity index (χ2n) is 3.20. The third kappa shape index (κ3) is 2.42. The summed E-state index contributed by atoms with van der Waals surface area (Å²) >= 11 is 0. The highest BCUT2D eigenvalue weighted by Crippen LogP contribution is 2.15. The minimum absolute atomic E-state index is 0.0758. The fourth-order valence-corrected chi connectivity index (χ4v) is 1.60. The van der Waals surface area contributed by atoms with Crippen molar-refractivity contribution in [3.05, 3.63) is 0 Å². The quantitative estimate of drug-likeness (QED) is 0.572. The Kier molecular flexibility index (Phi) is 3.25. The first-order chi connectivity index (χ1) is 6.15. The van der Waals surface area contributed by atoms with Gasteiger partial charge in [-0.25, -0.2) is 0 Å². The predicted octanol–water partition coefficient (Wildman–Crippen LogP) is -1.32. The first-order valence-electron chi connectivity index (χ1n) is 4.39. The van der Waals surface area contributed by atoms with Crippen molar-refractivity contribution in [3.63, 3.8) is 0 Å². The van der Waals surface area contributed by atoms with Gasteiger partial charge in [0.05, 0.1) is 12.6 Å². The van der Waals surface area contributed by atoms with Gasteiger partial charge in [-0.2, -0.15) is 0 Å². The van der Waals surface area contributed by atoms with Crippen LogP contribution >= 0.6 is 0 Å². The number of nitrogens with zero attached hydrogens (tertiary/aromatic N) is 1. The third-order valence-electron chi connectivity index (χ3n) is 2.32. The number of carbonyl (C=O) groups is 2. The Bertz CT molecular complexity index is 217. The molecule has 2 amide bonds. The van der Waals surface area contributed by atoms with E-state index < -0.39 is 0 Å². The standard InChI is InChI=1S/C8H15N3O2/c1-10-7(12)5-11-4-2-3-6(11)8(9)13/h6H,2-5H2,1H3,(H2,9,13)(H,10,12). The molecule has 1 unspecified atom stereocenters. The molecule has 1 aliphatic rings. The maximum atomic E-state index is 11.0. The summed E-state index contributed by atoms with van der Waals surface area (Å²) in [6.07, 6.45) is 1.71. The maximum absolute atomic E-state index is 11.0. The van der Waals surface area contributed by atoms with Crippen LogP contribution in [0.2, 0.25) is 0 Å². The van der Waals surface area contributed by atoms with E-state index in [4.69, 9.17) is 5.73 Å². The molecular weight excluding hydrogens is 170 g/mol. The second-order valence-corrected chi connectivity index (χ2v) is 3.20. The molecule has 5 nitrogen and oxygen atoms in total. The normalized spacial score (nSPS) is 23.0. The smallest absolute Gasteiger partial charge is 0.234 e. The van der Waals surface area contributed by atoms with Crippen LogP contribution in [0.5, 0.6) is 0 Å². The summed E-state index contributed by atoms with van der Waals surface area (Å²) in [5.74, 6) is -0.408. The molecule has 0 radical (unpaired) electrons. The minimum atomic E-state index is -0.332. The molecule has 1 aliphatic heterocycles. The summed E-state index contributed by atoms with van der Waals surface area (Å²) in [4.78, 5) is 23.8. The van der Waals surface area contributed by atoms with Gasteiger partial charge in [-0.3, -0.25) is 14.5 Å². The Morgan fingerprint density at radius 2 is 2.31 bits per heavy atom. The van der Waals surface area contributed by atoms with E-state index in [2.05, 4.69) is 5.32 Å². The van der Waals surface area contributed by atoms with Gasteiger partial charge in [0.2, 0.25) is 11.8 Å². The first kappa shape index (κ1) is 9.98.